The van der Waals surface area contributed by atoms with Crippen molar-refractivity contribution in [1.29, 1.82) is 0 Å². The van der Waals surface area contributed by atoms with Gasteiger partial charge in [-0.1, -0.05) is 11.6 Å². The maximum Gasteiger partial charge on any atom is 0.326 e. The molecule has 8 nitrogen and oxygen atoms in total. The monoisotopic (exact) mass is 473 g/mol. The van der Waals surface area contributed by atoms with E-state index >= 15 is 0 Å². The zero-order valence-electron chi connectivity index (χ0n) is 17.8. The zero-order valence-corrected chi connectivity index (χ0v) is 18.6. The number of aryl methyl sites for hydroxylation is 1. The van der Waals surface area contributed by atoms with E-state index in [0.29, 0.717) is 24.1 Å². The molecule has 1 saturated heterocycles. The van der Waals surface area contributed by atoms with Gasteiger partial charge in [0, 0.05) is 42.0 Å². The molecule has 172 valence electrons. The van der Waals surface area contributed by atoms with Crippen molar-refractivity contribution in [1.82, 2.24) is 24.7 Å². The molecule has 1 unspecified atom stereocenters. The molecule has 5 rings (SSSR count). The summed E-state index contributed by atoms with van der Waals surface area (Å²) in [5, 5.41) is 7.90. The highest BCUT2D eigenvalue weighted by molar-refractivity contribution is 6.30. The predicted molar refractivity (Wildman–Crippen MR) is 121 cm³/mol. The molecule has 2 fully saturated rings. The molecule has 2 aliphatic rings. The number of nitrogens with zero attached hydrogens (tertiary/aromatic N) is 6. The van der Waals surface area contributed by atoms with E-state index in [9.17, 15) is 8.78 Å². The molecule has 0 spiro atoms. The SMILES string of the molecule is Cc1cc(N2C[C@H]3CC[C@@H](C2)C3Nc2nc(Oc3cc(F)cc(Cl)c3)n(/C=C/F)n2)ncn1. The van der Waals surface area contributed by atoms with E-state index < -0.39 is 5.82 Å². The van der Waals surface area contributed by atoms with Crippen LogP contribution in [0.3, 0.4) is 0 Å². The molecule has 1 N–H and O–H groups in total. The summed E-state index contributed by atoms with van der Waals surface area (Å²) in [5.74, 6) is 1.62. The third kappa shape index (κ3) is 4.61. The summed E-state index contributed by atoms with van der Waals surface area (Å²) in [7, 11) is 0. The quantitative estimate of drug-likeness (QED) is 0.556. The number of halogens is 3. The number of benzene rings is 1. The number of fused-ring (bicyclic) bond motifs is 2. The van der Waals surface area contributed by atoms with Crippen molar-refractivity contribution in [2.45, 2.75) is 25.8 Å². The highest BCUT2D eigenvalue weighted by Gasteiger charge is 2.43. The minimum Gasteiger partial charge on any atom is -0.424 e. The topological polar surface area (TPSA) is 81.0 Å². The molecule has 0 radical (unpaired) electrons. The van der Waals surface area contributed by atoms with Gasteiger partial charge in [-0.2, -0.15) is 9.67 Å². The van der Waals surface area contributed by atoms with Crippen LogP contribution in [0.2, 0.25) is 5.02 Å². The normalized spacial score (nSPS) is 22.2. The lowest BCUT2D eigenvalue weighted by atomic mass is 9.92. The Bertz CT molecular complexity index is 1150. The minimum absolute atomic E-state index is 0.00527. The molecule has 1 aromatic carbocycles. The van der Waals surface area contributed by atoms with Crippen molar-refractivity contribution in [2.24, 2.45) is 11.8 Å². The van der Waals surface area contributed by atoms with Crippen LogP contribution in [-0.2, 0) is 0 Å². The van der Waals surface area contributed by atoms with Crippen molar-refractivity contribution in [3.8, 4) is 11.8 Å². The van der Waals surface area contributed by atoms with Crippen LogP contribution in [0.1, 0.15) is 18.5 Å². The lowest BCUT2D eigenvalue weighted by molar-refractivity contribution is 0.374. The standard InChI is InChI=1S/C22H22ClF2N7O/c1-13-6-19(27-12-26-13)31-10-14-2-3-15(11-31)20(14)28-21-29-22(32(30-21)5-4-24)33-18-8-16(23)7-17(25)9-18/h4-9,12,14-15,20H,2-3,10-11H2,1H3,(H,28,30)/b5-4+/t14-,15+,20?. The van der Waals surface area contributed by atoms with Crippen molar-refractivity contribution < 1.29 is 13.5 Å². The molecule has 2 aromatic heterocycles. The van der Waals surface area contributed by atoms with Gasteiger partial charge in [-0.3, -0.25) is 0 Å². The molecule has 2 bridgehead atoms. The first-order valence-corrected chi connectivity index (χ1v) is 11.0. The lowest BCUT2D eigenvalue weighted by Gasteiger charge is -2.38. The molecule has 3 atom stereocenters. The van der Waals surface area contributed by atoms with Crippen LogP contribution in [0, 0.1) is 24.6 Å². The van der Waals surface area contributed by atoms with Crippen LogP contribution in [0.15, 0.2) is 36.9 Å². The van der Waals surface area contributed by atoms with Crippen LogP contribution in [-0.4, -0.2) is 43.9 Å². The molecule has 1 saturated carbocycles. The fourth-order valence-corrected chi connectivity index (χ4v) is 4.90. The van der Waals surface area contributed by atoms with Crippen molar-refractivity contribution in [3.63, 3.8) is 0 Å². The van der Waals surface area contributed by atoms with Gasteiger partial charge in [-0.05, 0) is 43.7 Å². The molecule has 3 aromatic rings. The number of aromatic nitrogens is 5. The predicted octanol–water partition coefficient (Wildman–Crippen LogP) is 4.69. The Hall–Kier alpha value is -3.27. The van der Waals surface area contributed by atoms with Gasteiger partial charge in [-0.15, -0.1) is 5.10 Å². The third-order valence-electron chi connectivity index (χ3n) is 6.09. The van der Waals surface area contributed by atoms with Crippen LogP contribution < -0.4 is 15.0 Å². The summed E-state index contributed by atoms with van der Waals surface area (Å²) in [6.07, 6.45) is 5.16. The van der Waals surface area contributed by atoms with E-state index in [-0.39, 0.29) is 22.8 Å². The maximum absolute atomic E-state index is 13.7. The van der Waals surface area contributed by atoms with Crippen LogP contribution in [0.4, 0.5) is 20.5 Å². The molecule has 0 amide bonds. The molecule has 3 heterocycles. The number of piperidine rings is 1. The molecule has 1 aliphatic heterocycles. The number of hydrogen-bond donors (Lipinski definition) is 1. The molecule has 33 heavy (non-hydrogen) atoms. The summed E-state index contributed by atoms with van der Waals surface area (Å²) < 4.78 is 33.4. The second-order valence-electron chi connectivity index (χ2n) is 8.34. The maximum atomic E-state index is 13.7. The Balaban J connectivity index is 1.33. The van der Waals surface area contributed by atoms with E-state index in [4.69, 9.17) is 16.3 Å². The molecule has 11 heteroatoms. The Kier molecular flexibility index (Phi) is 5.84. The highest BCUT2D eigenvalue weighted by Crippen LogP contribution is 2.40. The first-order valence-electron chi connectivity index (χ1n) is 10.7. The highest BCUT2D eigenvalue weighted by atomic mass is 35.5. The summed E-state index contributed by atoms with van der Waals surface area (Å²) in [5.41, 5.74) is 0.940. The number of nitrogens with one attached hydrogen (secondary N) is 1. The number of anilines is 2. The van der Waals surface area contributed by atoms with Gasteiger partial charge in [0.1, 0.15) is 30.0 Å². The third-order valence-corrected chi connectivity index (χ3v) is 6.30. The average molecular weight is 474 g/mol. The van der Waals surface area contributed by atoms with Crippen molar-refractivity contribution in [3.05, 3.63) is 53.5 Å². The smallest absolute Gasteiger partial charge is 0.326 e. The van der Waals surface area contributed by atoms with E-state index in [0.717, 1.165) is 48.3 Å². The Labute approximate surface area is 194 Å². The summed E-state index contributed by atoms with van der Waals surface area (Å²) in [6, 6.07) is 5.95. The first-order chi connectivity index (χ1) is 16.0. The zero-order chi connectivity index (χ0) is 22.9. The lowest BCUT2D eigenvalue weighted by Crippen LogP contribution is -2.48. The van der Waals surface area contributed by atoms with E-state index in [2.05, 4.69) is 30.3 Å². The molecular weight excluding hydrogens is 452 g/mol. The first kappa shape index (κ1) is 21.6. The van der Waals surface area contributed by atoms with Gasteiger partial charge in [0.25, 0.3) is 0 Å². The fourth-order valence-electron chi connectivity index (χ4n) is 4.69. The summed E-state index contributed by atoms with van der Waals surface area (Å²) in [6.45, 7) is 3.68. The summed E-state index contributed by atoms with van der Waals surface area (Å²) in [4.78, 5) is 15.3. The van der Waals surface area contributed by atoms with Gasteiger partial charge in [0.15, 0.2) is 0 Å². The van der Waals surface area contributed by atoms with E-state index in [1.165, 1.54) is 18.2 Å². The van der Waals surface area contributed by atoms with Gasteiger partial charge in [-0.25, -0.2) is 18.7 Å². The largest absolute Gasteiger partial charge is 0.424 e. The van der Waals surface area contributed by atoms with Gasteiger partial charge in [0.05, 0.1) is 6.20 Å². The Morgan fingerprint density at radius 1 is 1.15 bits per heavy atom. The van der Waals surface area contributed by atoms with Crippen LogP contribution >= 0.6 is 11.6 Å². The summed E-state index contributed by atoms with van der Waals surface area (Å²) >= 11 is 5.89. The van der Waals surface area contributed by atoms with Gasteiger partial charge in [0.2, 0.25) is 5.95 Å². The van der Waals surface area contributed by atoms with Crippen LogP contribution in [0.25, 0.3) is 6.20 Å². The number of hydrogen-bond acceptors (Lipinski definition) is 7. The van der Waals surface area contributed by atoms with E-state index in [1.54, 1.807) is 6.33 Å². The second kappa shape index (κ2) is 8.93. The number of rotatable bonds is 6. The van der Waals surface area contributed by atoms with Crippen molar-refractivity contribution >= 4 is 29.6 Å². The van der Waals surface area contributed by atoms with Gasteiger partial charge >= 0.3 is 6.01 Å². The average Bonchev–Trinajstić information content (AvgIpc) is 3.22. The van der Waals surface area contributed by atoms with Crippen molar-refractivity contribution in [2.75, 3.05) is 23.3 Å². The Morgan fingerprint density at radius 3 is 2.64 bits per heavy atom. The minimum atomic E-state index is -0.551. The molecular formula is C22H22ClF2N7O. The van der Waals surface area contributed by atoms with Crippen LogP contribution in [0.5, 0.6) is 11.8 Å². The Morgan fingerprint density at radius 2 is 1.94 bits per heavy atom. The fraction of sp³-hybridized carbons (Fsp3) is 0.364. The second-order valence-corrected chi connectivity index (χ2v) is 8.77. The molecule has 1 aliphatic carbocycles. The number of ether oxygens (including phenoxy) is 1. The van der Waals surface area contributed by atoms with Gasteiger partial charge < -0.3 is 15.0 Å². The van der Waals surface area contributed by atoms with E-state index in [1.807, 2.05) is 13.0 Å².